The van der Waals surface area contributed by atoms with Crippen molar-refractivity contribution >= 4 is 34.1 Å². The molecule has 1 aliphatic heterocycles. The molecule has 2 aromatic rings. The number of hydrogen-bond acceptors (Lipinski definition) is 7. The van der Waals surface area contributed by atoms with Gasteiger partial charge in [0.1, 0.15) is 6.61 Å². The predicted octanol–water partition coefficient (Wildman–Crippen LogP) is 2.82. The van der Waals surface area contributed by atoms with E-state index in [4.69, 9.17) is 9.47 Å². The molecule has 1 aromatic heterocycles. The van der Waals surface area contributed by atoms with Crippen LogP contribution in [-0.4, -0.2) is 34.1 Å². The van der Waals surface area contributed by atoms with Gasteiger partial charge in [0, 0.05) is 5.25 Å². The third-order valence-electron chi connectivity index (χ3n) is 2.77. The second-order valence-corrected chi connectivity index (χ2v) is 7.69. The molecule has 0 saturated heterocycles. The molecule has 1 N–H and O–H groups in total. The van der Waals surface area contributed by atoms with Crippen molar-refractivity contribution in [2.45, 2.75) is 29.5 Å². The molecular formula is C14H15N3O3S2. The highest BCUT2D eigenvalue weighted by Crippen LogP contribution is 2.32. The lowest BCUT2D eigenvalue weighted by Gasteiger charge is -2.25. The topological polar surface area (TPSA) is 73.3 Å². The number of benzene rings is 1. The zero-order valence-electron chi connectivity index (χ0n) is 12.1. The van der Waals surface area contributed by atoms with Crippen LogP contribution in [0.2, 0.25) is 0 Å². The summed E-state index contributed by atoms with van der Waals surface area (Å²) in [7, 11) is 0. The number of anilines is 1. The third-order valence-corrected chi connectivity index (χ3v) is 4.70. The van der Waals surface area contributed by atoms with Gasteiger partial charge in [0.2, 0.25) is 11.2 Å². The van der Waals surface area contributed by atoms with Crippen LogP contribution in [0.1, 0.15) is 13.8 Å². The van der Waals surface area contributed by atoms with Gasteiger partial charge in [-0.25, -0.2) is 0 Å². The summed E-state index contributed by atoms with van der Waals surface area (Å²) in [6, 6.07) is 7.28. The number of fused-ring (bicyclic) bond motifs is 1. The van der Waals surface area contributed by atoms with Gasteiger partial charge in [-0.1, -0.05) is 49.1 Å². The Hall–Kier alpha value is -1.80. The highest BCUT2D eigenvalue weighted by molar-refractivity contribution is 8.01. The summed E-state index contributed by atoms with van der Waals surface area (Å²) in [5.41, 5.74) is 0. The maximum Gasteiger partial charge on any atom is 0.270 e. The Labute approximate surface area is 136 Å². The summed E-state index contributed by atoms with van der Waals surface area (Å²) in [6.45, 7) is 4.33. The highest BCUT2D eigenvalue weighted by Gasteiger charge is 2.28. The van der Waals surface area contributed by atoms with E-state index in [2.05, 4.69) is 29.4 Å². The SMILES string of the molecule is CC(C)Sc1nnc(NC(=O)C2COc3ccccc3O2)s1. The number of aromatic nitrogens is 2. The summed E-state index contributed by atoms with van der Waals surface area (Å²) in [5, 5.41) is 11.6. The third kappa shape index (κ3) is 3.50. The molecule has 0 fully saturated rings. The van der Waals surface area contributed by atoms with Crippen molar-refractivity contribution in [3.8, 4) is 11.5 Å². The zero-order chi connectivity index (χ0) is 15.5. The molecule has 116 valence electrons. The molecule has 3 rings (SSSR count). The molecule has 1 unspecified atom stereocenters. The minimum absolute atomic E-state index is 0.176. The number of carbonyl (C=O) groups is 1. The second kappa shape index (κ2) is 6.53. The van der Waals surface area contributed by atoms with Crippen LogP contribution in [-0.2, 0) is 4.79 Å². The van der Waals surface area contributed by atoms with E-state index in [1.807, 2.05) is 18.2 Å². The molecule has 6 nitrogen and oxygen atoms in total. The van der Waals surface area contributed by atoms with Gasteiger partial charge >= 0.3 is 0 Å². The number of ether oxygens (including phenoxy) is 2. The summed E-state index contributed by atoms with van der Waals surface area (Å²) >= 11 is 2.96. The Morgan fingerprint density at radius 1 is 1.36 bits per heavy atom. The number of nitrogens with one attached hydrogen (secondary N) is 1. The van der Waals surface area contributed by atoms with Gasteiger partial charge < -0.3 is 9.47 Å². The Kier molecular flexibility index (Phi) is 4.49. The lowest BCUT2D eigenvalue weighted by atomic mass is 10.2. The minimum Gasteiger partial charge on any atom is -0.485 e. The molecule has 22 heavy (non-hydrogen) atoms. The maximum absolute atomic E-state index is 12.2. The number of amides is 1. The number of nitrogens with zero attached hydrogens (tertiary/aromatic N) is 2. The van der Waals surface area contributed by atoms with Crippen molar-refractivity contribution in [1.29, 1.82) is 0 Å². The van der Waals surface area contributed by atoms with E-state index >= 15 is 0 Å². The van der Waals surface area contributed by atoms with Crippen molar-refractivity contribution in [1.82, 2.24) is 10.2 Å². The van der Waals surface area contributed by atoms with E-state index in [1.54, 1.807) is 17.8 Å². The monoisotopic (exact) mass is 337 g/mol. The summed E-state index contributed by atoms with van der Waals surface area (Å²) in [5.74, 6) is 0.937. The zero-order valence-corrected chi connectivity index (χ0v) is 13.7. The first-order chi connectivity index (χ1) is 10.6. The first-order valence-corrected chi connectivity index (χ1v) is 8.51. The molecular weight excluding hydrogens is 322 g/mol. The first-order valence-electron chi connectivity index (χ1n) is 6.81. The number of hydrogen-bond donors (Lipinski definition) is 1. The molecule has 0 aliphatic carbocycles. The van der Waals surface area contributed by atoms with Gasteiger partial charge in [-0.15, -0.1) is 10.2 Å². The Bertz CT molecular complexity index is 675. The van der Waals surface area contributed by atoms with Crippen LogP contribution in [0.4, 0.5) is 5.13 Å². The van der Waals surface area contributed by atoms with Gasteiger partial charge in [0.15, 0.2) is 15.8 Å². The first kappa shape index (κ1) is 15.1. The van der Waals surface area contributed by atoms with E-state index < -0.39 is 6.10 Å². The van der Waals surface area contributed by atoms with Crippen LogP contribution < -0.4 is 14.8 Å². The Morgan fingerprint density at radius 2 is 2.14 bits per heavy atom. The second-order valence-electron chi connectivity index (χ2n) is 4.89. The quantitative estimate of drug-likeness (QED) is 0.683. The van der Waals surface area contributed by atoms with Gasteiger partial charge in [-0.05, 0) is 12.1 Å². The van der Waals surface area contributed by atoms with Crippen molar-refractivity contribution in [3.05, 3.63) is 24.3 Å². The van der Waals surface area contributed by atoms with E-state index in [-0.39, 0.29) is 12.5 Å². The smallest absolute Gasteiger partial charge is 0.270 e. The fourth-order valence-corrected chi connectivity index (χ4v) is 3.82. The lowest BCUT2D eigenvalue weighted by Crippen LogP contribution is -2.40. The standard InChI is InChI=1S/C14H15N3O3S2/c1-8(2)21-14-17-16-13(22-14)15-12(18)11-7-19-9-5-3-4-6-10(9)20-11/h3-6,8,11H,7H2,1-2H3,(H,15,16,18). The van der Waals surface area contributed by atoms with Crippen LogP contribution in [0, 0.1) is 0 Å². The largest absolute Gasteiger partial charge is 0.485 e. The van der Waals surface area contributed by atoms with Crippen LogP contribution in [0.5, 0.6) is 11.5 Å². The predicted molar refractivity (Wildman–Crippen MR) is 85.9 cm³/mol. The fraction of sp³-hybridized carbons (Fsp3) is 0.357. The van der Waals surface area contributed by atoms with Gasteiger partial charge in [0.05, 0.1) is 0 Å². The average molecular weight is 337 g/mol. The van der Waals surface area contributed by atoms with Crippen LogP contribution in [0.3, 0.4) is 0 Å². The molecule has 8 heteroatoms. The number of thioether (sulfide) groups is 1. The van der Waals surface area contributed by atoms with Crippen molar-refractivity contribution < 1.29 is 14.3 Å². The molecule has 0 bridgehead atoms. The van der Waals surface area contributed by atoms with E-state index in [0.717, 1.165) is 4.34 Å². The average Bonchev–Trinajstić information content (AvgIpc) is 2.93. The maximum atomic E-state index is 12.2. The van der Waals surface area contributed by atoms with Crippen molar-refractivity contribution in [2.24, 2.45) is 0 Å². The minimum atomic E-state index is -0.694. The molecule has 0 saturated carbocycles. The normalized spacial score (nSPS) is 16.6. The highest BCUT2D eigenvalue weighted by atomic mass is 32.2. The molecule has 0 radical (unpaired) electrons. The molecule has 1 amide bonds. The molecule has 1 aliphatic rings. The molecule has 0 spiro atoms. The number of rotatable bonds is 4. The summed E-state index contributed by atoms with van der Waals surface area (Å²) in [6.07, 6.45) is -0.694. The Balaban J connectivity index is 1.62. The molecule has 2 heterocycles. The summed E-state index contributed by atoms with van der Waals surface area (Å²) < 4.78 is 12.0. The molecule has 1 aromatic carbocycles. The fourth-order valence-electron chi connectivity index (χ4n) is 1.84. The number of carbonyl (C=O) groups excluding carboxylic acids is 1. The van der Waals surface area contributed by atoms with E-state index in [0.29, 0.717) is 21.9 Å². The van der Waals surface area contributed by atoms with Gasteiger partial charge in [0.25, 0.3) is 5.91 Å². The van der Waals surface area contributed by atoms with E-state index in [1.165, 1.54) is 11.3 Å². The van der Waals surface area contributed by atoms with Gasteiger partial charge in [-0.2, -0.15) is 0 Å². The lowest BCUT2D eigenvalue weighted by molar-refractivity contribution is -0.125. The Morgan fingerprint density at radius 3 is 2.91 bits per heavy atom. The van der Waals surface area contributed by atoms with Crippen LogP contribution in [0.25, 0.3) is 0 Å². The summed E-state index contributed by atoms with van der Waals surface area (Å²) in [4.78, 5) is 12.2. The van der Waals surface area contributed by atoms with E-state index in [9.17, 15) is 4.79 Å². The van der Waals surface area contributed by atoms with Crippen LogP contribution >= 0.6 is 23.1 Å². The van der Waals surface area contributed by atoms with Crippen LogP contribution in [0.15, 0.2) is 28.6 Å². The van der Waals surface area contributed by atoms with Crippen molar-refractivity contribution in [3.63, 3.8) is 0 Å². The number of para-hydroxylation sites is 2. The van der Waals surface area contributed by atoms with Gasteiger partial charge in [-0.3, -0.25) is 10.1 Å². The van der Waals surface area contributed by atoms with Crippen molar-refractivity contribution in [2.75, 3.05) is 11.9 Å². The molecule has 1 atom stereocenters.